The van der Waals surface area contributed by atoms with Crippen LogP contribution < -0.4 is 24.8 Å². The SMILES string of the molecule is Cc1cc2cc3ccccc3cc2[cH-]1.Cc1cc2cc3ccccc3cc2[cH-]1.[CH2-]c1ccccc1.[Cl-].[Cl-].[Si]=[Zr+2]. The molecule has 39 heavy (non-hydrogen) atoms. The molecule has 0 spiro atoms. The third-order valence-corrected chi connectivity index (χ3v) is 6.28. The molecule has 0 unspecified atom stereocenters. The van der Waals surface area contributed by atoms with Crippen LogP contribution in [0.25, 0.3) is 43.1 Å². The summed E-state index contributed by atoms with van der Waals surface area (Å²) in [7, 11) is 0. The van der Waals surface area contributed by atoms with Gasteiger partial charge in [0.15, 0.2) is 0 Å². The molecule has 0 bridgehead atoms. The average Bonchev–Trinajstić information content (AvgIpc) is 3.47. The van der Waals surface area contributed by atoms with Crippen LogP contribution in [0.3, 0.4) is 0 Å². The summed E-state index contributed by atoms with van der Waals surface area (Å²) < 4.78 is 0. The van der Waals surface area contributed by atoms with Crippen molar-refractivity contribution in [2.24, 2.45) is 0 Å². The van der Waals surface area contributed by atoms with Crippen LogP contribution >= 0.6 is 0 Å². The van der Waals surface area contributed by atoms with E-state index in [1.807, 2.05) is 30.3 Å². The molecule has 0 aliphatic heterocycles. The molecule has 0 aliphatic carbocycles. The van der Waals surface area contributed by atoms with Crippen LogP contribution in [0.5, 0.6) is 0 Å². The van der Waals surface area contributed by atoms with Crippen molar-refractivity contribution in [3.8, 4) is 0 Å². The number of benzene rings is 5. The molecule has 0 N–H and O–H groups in total. The summed E-state index contributed by atoms with van der Waals surface area (Å²) in [5.74, 6) is 0. The summed E-state index contributed by atoms with van der Waals surface area (Å²) in [4.78, 5) is 0. The fourth-order valence-corrected chi connectivity index (χ4v) is 4.59. The van der Waals surface area contributed by atoms with E-state index in [-0.39, 0.29) is 24.8 Å². The number of hydrogen-bond acceptors (Lipinski definition) is 0. The van der Waals surface area contributed by atoms with Crippen molar-refractivity contribution in [3.63, 3.8) is 0 Å². The Kier molecular flexibility index (Phi) is 13.2. The Morgan fingerprint density at radius 2 is 0.821 bits per heavy atom. The predicted molar refractivity (Wildman–Crippen MR) is 160 cm³/mol. The summed E-state index contributed by atoms with van der Waals surface area (Å²) >= 11 is 1.36. The number of fused-ring (bicyclic) bond motifs is 4. The van der Waals surface area contributed by atoms with Crippen molar-refractivity contribution in [2.45, 2.75) is 13.8 Å². The maximum absolute atomic E-state index is 3.72. The molecular weight excluding hydrogens is 611 g/mol. The normalized spacial score (nSPS) is 9.74. The van der Waals surface area contributed by atoms with Crippen molar-refractivity contribution in [1.82, 2.24) is 0 Å². The molecule has 0 nitrogen and oxygen atoms in total. The Bertz CT molecular complexity index is 1530. The van der Waals surface area contributed by atoms with Crippen molar-refractivity contribution < 1.29 is 48.1 Å². The zero-order valence-corrected chi connectivity index (χ0v) is 27.1. The van der Waals surface area contributed by atoms with E-state index in [9.17, 15) is 0 Å². The average molecular weight is 640 g/mol. The van der Waals surface area contributed by atoms with Crippen LogP contribution in [0.4, 0.5) is 0 Å². The van der Waals surface area contributed by atoms with Gasteiger partial charge in [-0.05, 0) is 10.8 Å². The van der Waals surface area contributed by atoms with Gasteiger partial charge in [-0.1, -0.05) is 91.3 Å². The number of halogens is 2. The summed E-state index contributed by atoms with van der Waals surface area (Å²) in [6.45, 7) is 11.1. The first kappa shape index (κ1) is 32.6. The summed E-state index contributed by atoms with van der Waals surface area (Å²) in [5.41, 5.74) is 3.76. The first-order chi connectivity index (χ1) is 18.0. The van der Waals surface area contributed by atoms with Gasteiger partial charge in [-0.15, -0.1) is 69.1 Å². The Hall–Kier alpha value is -2.61. The third kappa shape index (κ3) is 8.69. The Morgan fingerprint density at radius 1 is 0.487 bits per heavy atom. The molecule has 7 aromatic carbocycles. The number of hydrogen-bond donors (Lipinski definition) is 0. The van der Waals surface area contributed by atoms with E-state index in [1.165, 1.54) is 77.6 Å². The van der Waals surface area contributed by atoms with E-state index in [0.29, 0.717) is 0 Å². The van der Waals surface area contributed by atoms with Crippen LogP contribution in [-0.4, -0.2) is 6.88 Å². The number of rotatable bonds is 0. The van der Waals surface area contributed by atoms with Crippen molar-refractivity contribution in [1.29, 1.82) is 0 Å². The van der Waals surface area contributed by atoms with Gasteiger partial charge in [0.05, 0.1) is 0 Å². The summed E-state index contributed by atoms with van der Waals surface area (Å²) in [5, 5.41) is 10.7. The van der Waals surface area contributed by atoms with E-state index in [0.717, 1.165) is 5.56 Å². The van der Waals surface area contributed by atoms with Crippen LogP contribution in [0, 0.1) is 20.8 Å². The fourth-order valence-electron chi connectivity index (χ4n) is 4.59. The van der Waals surface area contributed by atoms with Gasteiger partial charge in [0, 0.05) is 0 Å². The molecule has 2 radical (unpaired) electrons. The van der Waals surface area contributed by atoms with E-state index in [2.05, 4.69) is 125 Å². The zero-order valence-electron chi connectivity index (χ0n) is 22.1. The van der Waals surface area contributed by atoms with Crippen molar-refractivity contribution in [3.05, 3.63) is 151 Å². The molecule has 0 fully saturated rings. The standard InChI is InChI=1S/2C14H11.C7H7.2ClH.Si.Zr/c2*1-10-6-13-8-11-4-2-3-5-12(11)9-14(13)7-10;1-7-5-3-2-4-6-7;;;;/h2*2-9H,1H3;2-6H,1H2;2*1H;;/q3*-1;;;;+2/p-2. The summed E-state index contributed by atoms with van der Waals surface area (Å²) in [6.07, 6.45) is 0. The van der Waals surface area contributed by atoms with Gasteiger partial charge in [0.1, 0.15) is 0 Å². The van der Waals surface area contributed by atoms with Gasteiger partial charge in [0.2, 0.25) is 0 Å². The molecular formula is C35H29Cl2SiZr-3. The van der Waals surface area contributed by atoms with E-state index < -0.39 is 0 Å². The van der Waals surface area contributed by atoms with Crippen LogP contribution in [0.1, 0.15) is 16.7 Å². The van der Waals surface area contributed by atoms with Crippen LogP contribution in [0.15, 0.2) is 127 Å². The number of aryl methyl sites for hydroxylation is 2. The Labute approximate surface area is 261 Å². The zero-order chi connectivity index (χ0) is 26.2. The molecule has 0 atom stereocenters. The molecule has 0 aromatic heterocycles. The molecule has 7 rings (SSSR count). The monoisotopic (exact) mass is 637 g/mol. The molecule has 194 valence electrons. The molecule has 0 amide bonds. The molecule has 0 saturated heterocycles. The summed E-state index contributed by atoms with van der Waals surface area (Å²) in [6, 6.07) is 44.9. The minimum absolute atomic E-state index is 0. The van der Waals surface area contributed by atoms with Gasteiger partial charge in [0.25, 0.3) is 0 Å². The first-order valence-corrected chi connectivity index (χ1v) is 16.5. The Morgan fingerprint density at radius 3 is 1.15 bits per heavy atom. The fraction of sp³-hybridized carbons (Fsp3) is 0.0571. The van der Waals surface area contributed by atoms with E-state index in [1.54, 1.807) is 0 Å². The van der Waals surface area contributed by atoms with Crippen molar-refractivity contribution >= 4 is 50.0 Å². The van der Waals surface area contributed by atoms with Gasteiger partial charge in [-0.3, -0.25) is 0 Å². The minimum atomic E-state index is 0. The van der Waals surface area contributed by atoms with E-state index in [4.69, 9.17) is 0 Å². The second-order valence-electron chi connectivity index (χ2n) is 9.21. The van der Waals surface area contributed by atoms with Gasteiger partial charge >= 0.3 is 30.2 Å². The molecule has 7 aromatic rings. The second kappa shape index (κ2) is 15.8. The maximum atomic E-state index is 3.72. The molecule has 0 heterocycles. The molecule has 0 saturated carbocycles. The van der Waals surface area contributed by atoms with Gasteiger partial charge in [-0.2, -0.15) is 36.8 Å². The predicted octanol–water partition coefficient (Wildman–Crippen LogP) is 3.53. The molecule has 0 aliphatic rings. The Balaban J connectivity index is 0.000000203. The quantitative estimate of drug-likeness (QED) is 0.176. The molecule has 4 heteroatoms. The van der Waals surface area contributed by atoms with E-state index >= 15 is 0 Å². The van der Waals surface area contributed by atoms with Gasteiger partial charge < -0.3 is 24.8 Å². The topological polar surface area (TPSA) is 0 Å². The van der Waals surface area contributed by atoms with Crippen LogP contribution in [0.2, 0.25) is 0 Å². The van der Waals surface area contributed by atoms with Gasteiger partial charge in [-0.25, -0.2) is 0 Å². The third-order valence-electron chi connectivity index (χ3n) is 6.28. The first-order valence-electron chi connectivity index (χ1n) is 12.3. The van der Waals surface area contributed by atoms with Crippen LogP contribution in [-0.2, 0) is 23.3 Å². The van der Waals surface area contributed by atoms with Crippen molar-refractivity contribution in [2.75, 3.05) is 0 Å². The second-order valence-corrected chi connectivity index (χ2v) is 9.21.